The van der Waals surface area contributed by atoms with Crippen LogP contribution in [0.3, 0.4) is 0 Å². The number of hydrogen-bond acceptors (Lipinski definition) is 2. The van der Waals surface area contributed by atoms with Crippen molar-refractivity contribution in [1.29, 1.82) is 0 Å². The SMILES string of the molecule is CC(C)(C)OCOC1CC1. The summed E-state index contributed by atoms with van der Waals surface area (Å²) in [4.78, 5) is 0. The van der Waals surface area contributed by atoms with E-state index in [0.29, 0.717) is 12.9 Å². The molecule has 1 rings (SSSR count). The third-order valence-electron chi connectivity index (χ3n) is 1.32. The molecule has 0 aromatic rings. The predicted octanol–water partition coefficient (Wildman–Crippen LogP) is 1.94. The third kappa shape index (κ3) is 3.85. The highest BCUT2D eigenvalue weighted by molar-refractivity contribution is 4.72. The fourth-order valence-corrected chi connectivity index (χ4v) is 0.542. The zero-order valence-electron chi connectivity index (χ0n) is 7.02. The summed E-state index contributed by atoms with van der Waals surface area (Å²) < 4.78 is 10.7. The maximum Gasteiger partial charge on any atom is 0.147 e. The van der Waals surface area contributed by atoms with Crippen molar-refractivity contribution in [1.82, 2.24) is 0 Å². The van der Waals surface area contributed by atoms with E-state index in [-0.39, 0.29) is 5.60 Å². The Bertz CT molecular complexity index is 100. The van der Waals surface area contributed by atoms with Crippen LogP contribution in [0.2, 0.25) is 0 Å². The molecule has 1 aliphatic rings. The minimum absolute atomic E-state index is 0.0606. The normalized spacial score (nSPS) is 19.5. The van der Waals surface area contributed by atoms with Gasteiger partial charge in [-0.1, -0.05) is 0 Å². The molecule has 60 valence electrons. The van der Waals surface area contributed by atoms with Gasteiger partial charge >= 0.3 is 0 Å². The van der Waals surface area contributed by atoms with Gasteiger partial charge < -0.3 is 9.47 Å². The van der Waals surface area contributed by atoms with Gasteiger partial charge in [-0.05, 0) is 33.6 Å². The Labute approximate surface area is 62.5 Å². The van der Waals surface area contributed by atoms with Gasteiger partial charge in [0, 0.05) is 0 Å². The monoisotopic (exact) mass is 144 g/mol. The highest BCUT2D eigenvalue weighted by Crippen LogP contribution is 2.23. The van der Waals surface area contributed by atoms with E-state index in [1.807, 2.05) is 20.8 Å². The van der Waals surface area contributed by atoms with Gasteiger partial charge in [-0.3, -0.25) is 0 Å². The van der Waals surface area contributed by atoms with Crippen molar-refractivity contribution in [3.05, 3.63) is 0 Å². The molecule has 0 aliphatic heterocycles. The summed E-state index contributed by atoms with van der Waals surface area (Å²) in [5.74, 6) is 0. The average Bonchev–Trinajstić information content (AvgIpc) is 2.45. The first kappa shape index (κ1) is 8.02. The fraction of sp³-hybridized carbons (Fsp3) is 1.00. The second-order valence-electron chi connectivity index (χ2n) is 3.74. The van der Waals surface area contributed by atoms with Crippen molar-refractivity contribution >= 4 is 0 Å². The lowest BCUT2D eigenvalue weighted by atomic mass is 10.2. The maximum atomic E-state index is 5.36. The van der Waals surface area contributed by atoms with E-state index in [1.54, 1.807) is 0 Å². The molecule has 2 heteroatoms. The molecule has 0 bridgehead atoms. The molecule has 0 spiro atoms. The van der Waals surface area contributed by atoms with E-state index in [4.69, 9.17) is 9.47 Å². The molecule has 0 amide bonds. The van der Waals surface area contributed by atoms with E-state index < -0.39 is 0 Å². The third-order valence-corrected chi connectivity index (χ3v) is 1.32. The zero-order chi connectivity index (χ0) is 7.61. The highest BCUT2D eigenvalue weighted by atomic mass is 16.7. The van der Waals surface area contributed by atoms with Crippen LogP contribution in [0.4, 0.5) is 0 Å². The van der Waals surface area contributed by atoms with Crippen LogP contribution in [0.15, 0.2) is 0 Å². The van der Waals surface area contributed by atoms with Crippen LogP contribution in [-0.4, -0.2) is 18.5 Å². The van der Waals surface area contributed by atoms with Gasteiger partial charge in [-0.25, -0.2) is 0 Å². The lowest BCUT2D eigenvalue weighted by Crippen LogP contribution is -2.21. The second-order valence-corrected chi connectivity index (χ2v) is 3.74. The Kier molecular flexibility index (Phi) is 2.32. The van der Waals surface area contributed by atoms with Crippen LogP contribution in [0.25, 0.3) is 0 Å². The Morgan fingerprint density at radius 1 is 1.30 bits per heavy atom. The Balaban J connectivity index is 1.93. The van der Waals surface area contributed by atoms with Crippen molar-refractivity contribution in [3.63, 3.8) is 0 Å². The fourth-order valence-electron chi connectivity index (χ4n) is 0.542. The van der Waals surface area contributed by atoms with E-state index in [0.717, 1.165) is 0 Å². The quantitative estimate of drug-likeness (QED) is 0.563. The smallest absolute Gasteiger partial charge is 0.147 e. The van der Waals surface area contributed by atoms with Crippen LogP contribution < -0.4 is 0 Å². The lowest BCUT2D eigenvalue weighted by molar-refractivity contribution is -0.125. The first-order chi connectivity index (χ1) is 4.58. The van der Waals surface area contributed by atoms with Gasteiger partial charge in [0.1, 0.15) is 6.79 Å². The number of hydrogen-bond donors (Lipinski definition) is 0. The van der Waals surface area contributed by atoms with Crippen LogP contribution >= 0.6 is 0 Å². The molecule has 0 N–H and O–H groups in total. The predicted molar refractivity (Wildman–Crippen MR) is 39.8 cm³/mol. The molecule has 1 saturated carbocycles. The van der Waals surface area contributed by atoms with Gasteiger partial charge in [0.25, 0.3) is 0 Å². The summed E-state index contributed by atoms with van der Waals surface area (Å²) in [5.41, 5.74) is -0.0606. The minimum atomic E-state index is -0.0606. The Morgan fingerprint density at radius 2 is 1.90 bits per heavy atom. The second kappa shape index (κ2) is 2.89. The first-order valence-electron chi connectivity index (χ1n) is 3.83. The molecule has 0 aromatic heterocycles. The van der Waals surface area contributed by atoms with Crippen molar-refractivity contribution in [2.24, 2.45) is 0 Å². The van der Waals surface area contributed by atoms with Gasteiger partial charge in [-0.2, -0.15) is 0 Å². The van der Waals surface area contributed by atoms with Crippen molar-refractivity contribution in [2.75, 3.05) is 6.79 Å². The van der Waals surface area contributed by atoms with Crippen molar-refractivity contribution in [3.8, 4) is 0 Å². The summed E-state index contributed by atoms with van der Waals surface area (Å²) in [6.07, 6.45) is 2.93. The molecule has 0 unspecified atom stereocenters. The molecule has 0 aromatic carbocycles. The molecule has 2 nitrogen and oxygen atoms in total. The average molecular weight is 144 g/mol. The molecular formula is C8H16O2. The van der Waals surface area contributed by atoms with Gasteiger partial charge in [0.15, 0.2) is 0 Å². The molecule has 0 radical (unpaired) electrons. The number of rotatable bonds is 3. The highest BCUT2D eigenvalue weighted by Gasteiger charge is 2.22. The minimum Gasteiger partial charge on any atom is -0.352 e. The van der Waals surface area contributed by atoms with E-state index >= 15 is 0 Å². The summed E-state index contributed by atoms with van der Waals surface area (Å²) in [7, 11) is 0. The lowest BCUT2D eigenvalue weighted by Gasteiger charge is -2.18. The first-order valence-corrected chi connectivity index (χ1v) is 3.83. The van der Waals surface area contributed by atoms with Gasteiger partial charge in [0.2, 0.25) is 0 Å². The van der Waals surface area contributed by atoms with E-state index in [9.17, 15) is 0 Å². The largest absolute Gasteiger partial charge is 0.352 e. The summed E-state index contributed by atoms with van der Waals surface area (Å²) in [6, 6.07) is 0. The maximum absolute atomic E-state index is 5.36. The van der Waals surface area contributed by atoms with Crippen LogP contribution in [0, 0.1) is 0 Å². The van der Waals surface area contributed by atoms with Gasteiger partial charge in [-0.15, -0.1) is 0 Å². The topological polar surface area (TPSA) is 18.5 Å². The van der Waals surface area contributed by atoms with Crippen LogP contribution in [-0.2, 0) is 9.47 Å². The molecule has 0 atom stereocenters. The molecule has 10 heavy (non-hydrogen) atoms. The van der Waals surface area contributed by atoms with E-state index in [2.05, 4.69) is 0 Å². The van der Waals surface area contributed by atoms with Crippen molar-refractivity contribution < 1.29 is 9.47 Å². The van der Waals surface area contributed by atoms with Crippen LogP contribution in [0.5, 0.6) is 0 Å². The molecule has 1 fully saturated rings. The Hall–Kier alpha value is -0.0800. The van der Waals surface area contributed by atoms with Gasteiger partial charge in [0.05, 0.1) is 11.7 Å². The van der Waals surface area contributed by atoms with Crippen LogP contribution in [0.1, 0.15) is 33.6 Å². The molecule has 0 saturated heterocycles. The standard InChI is InChI=1S/C8H16O2/c1-8(2,3)10-6-9-7-4-5-7/h7H,4-6H2,1-3H3. The summed E-state index contributed by atoms with van der Waals surface area (Å²) >= 11 is 0. The Morgan fingerprint density at radius 3 is 2.30 bits per heavy atom. The summed E-state index contributed by atoms with van der Waals surface area (Å²) in [6.45, 7) is 6.55. The number of ether oxygens (including phenoxy) is 2. The molecule has 1 aliphatic carbocycles. The van der Waals surface area contributed by atoms with E-state index in [1.165, 1.54) is 12.8 Å². The summed E-state index contributed by atoms with van der Waals surface area (Å²) in [5, 5.41) is 0. The van der Waals surface area contributed by atoms with Crippen molar-refractivity contribution in [2.45, 2.75) is 45.3 Å². The molecular weight excluding hydrogens is 128 g/mol. The molecule has 0 heterocycles. The zero-order valence-corrected chi connectivity index (χ0v) is 7.02.